The summed E-state index contributed by atoms with van der Waals surface area (Å²) in [5, 5.41) is 6.16. The number of hydrogen-bond acceptors (Lipinski definition) is 3. The van der Waals surface area contributed by atoms with E-state index in [2.05, 4.69) is 15.5 Å². The molecule has 1 aromatic carbocycles. The van der Waals surface area contributed by atoms with E-state index in [1.54, 1.807) is 0 Å². The Bertz CT molecular complexity index is 591. The predicted octanol–water partition coefficient (Wildman–Crippen LogP) is 2.71. The van der Waals surface area contributed by atoms with Gasteiger partial charge in [0.2, 0.25) is 11.8 Å². The van der Waals surface area contributed by atoms with Crippen LogP contribution >= 0.6 is 0 Å². The SMILES string of the molecule is O=C(CN1CCC(C(=O)NCc2ccccc2)CC1)NCC1CCCCC1. The average Bonchev–Trinajstić information content (AvgIpc) is 2.72. The maximum absolute atomic E-state index is 12.4. The summed E-state index contributed by atoms with van der Waals surface area (Å²) in [6, 6.07) is 9.99. The molecule has 2 fully saturated rings. The van der Waals surface area contributed by atoms with Gasteiger partial charge in [0.15, 0.2) is 0 Å². The molecule has 0 unspecified atom stereocenters. The van der Waals surface area contributed by atoms with Gasteiger partial charge in [0.1, 0.15) is 0 Å². The first-order valence-electron chi connectivity index (χ1n) is 10.5. The Morgan fingerprint density at radius 1 is 0.926 bits per heavy atom. The number of piperidine rings is 1. The topological polar surface area (TPSA) is 61.4 Å². The van der Waals surface area contributed by atoms with Gasteiger partial charge in [0.25, 0.3) is 0 Å². The Kier molecular flexibility index (Phi) is 7.69. The number of hydrogen-bond donors (Lipinski definition) is 2. The highest BCUT2D eigenvalue weighted by atomic mass is 16.2. The highest BCUT2D eigenvalue weighted by molar-refractivity contribution is 5.79. The Hall–Kier alpha value is -1.88. The van der Waals surface area contributed by atoms with E-state index in [9.17, 15) is 9.59 Å². The van der Waals surface area contributed by atoms with Gasteiger partial charge >= 0.3 is 0 Å². The molecular formula is C22H33N3O2. The van der Waals surface area contributed by atoms with Crippen molar-refractivity contribution in [2.75, 3.05) is 26.2 Å². The second-order valence-electron chi connectivity index (χ2n) is 8.06. The molecule has 0 atom stereocenters. The lowest BCUT2D eigenvalue weighted by Crippen LogP contribution is -2.45. The molecule has 0 spiro atoms. The van der Waals surface area contributed by atoms with Crippen LogP contribution in [-0.2, 0) is 16.1 Å². The molecule has 1 saturated heterocycles. The predicted molar refractivity (Wildman–Crippen MR) is 107 cm³/mol. The van der Waals surface area contributed by atoms with Gasteiger partial charge in [-0.1, -0.05) is 49.6 Å². The third-order valence-corrected chi connectivity index (χ3v) is 5.95. The molecule has 2 N–H and O–H groups in total. The van der Waals surface area contributed by atoms with Crippen molar-refractivity contribution >= 4 is 11.8 Å². The van der Waals surface area contributed by atoms with Gasteiger partial charge in [-0.15, -0.1) is 0 Å². The molecule has 1 aromatic rings. The molecule has 0 aromatic heterocycles. The minimum absolute atomic E-state index is 0.0651. The molecule has 0 bridgehead atoms. The van der Waals surface area contributed by atoms with Gasteiger partial charge in [0.05, 0.1) is 6.54 Å². The van der Waals surface area contributed by atoms with Crippen LogP contribution in [-0.4, -0.2) is 42.9 Å². The van der Waals surface area contributed by atoms with Crippen molar-refractivity contribution in [3.63, 3.8) is 0 Å². The van der Waals surface area contributed by atoms with Crippen LogP contribution in [0.25, 0.3) is 0 Å². The van der Waals surface area contributed by atoms with E-state index in [0.717, 1.165) is 38.0 Å². The van der Waals surface area contributed by atoms with Crippen molar-refractivity contribution in [2.24, 2.45) is 11.8 Å². The molecule has 1 aliphatic heterocycles. The van der Waals surface area contributed by atoms with Crippen molar-refractivity contribution < 1.29 is 9.59 Å². The second kappa shape index (κ2) is 10.5. The van der Waals surface area contributed by atoms with E-state index in [0.29, 0.717) is 19.0 Å². The van der Waals surface area contributed by atoms with Crippen LogP contribution in [0.5, 0.6) is 0 Å². The summed E-state index contributed by atoms with van der Waals surface area (Å²) in [5.41, 5.74) is 1.12. The molecule has 1 heterocycles. The van der Waals surface area contributed by atoms with Crippen molar-refractivity contribution in [2.45, 2.75) is 51.5 Å². The van der Waals surface area contributed by atoms with Crippen LogP contribution in [0.4, 0.5) is 0 Å². The van der Waals surface area contributed by atoms with E-state index < -0.39 is 0 Å². The van der Waals surface area contributed by atoms with Gasteiger partial charge in [-0.25, -0.2) is 0 Å². The minimum atomic E-state index is 0.0651. The molecule has 3 rings (SSSR count). The maximum atomic E-state index is 12.4. The highest BCUT2D eigenvalue weighted by Crippen LogP contribution is 2.22. The molecule has 5 heteroatoms. The summed E-state index contributed by atoms with van der Waals surface area (Å²) in [5.74, 6) is 1.00. The molecule has 2 aliphatic rings. The quantitative estimate of drug-likeness (QED) is 0.775. The van der Waals surface area contributed by atoms with E-state index in [-0.39, 0.29) is 17.7 Å². The van der Waals surface area contributed by atoms with Crippen molar-refractivity contribution in [1.29, 1.82) is 0 Å². The van der Waals surface area contributed by atoms with E-state index in [1.807, 2.05) is 30.3 Å². The Labute approximate surface area is 162 Å². The molecule has 148 valence electrons. The lowest BCUT2D eigenvalue weighted by atomic mass is 9.89. The zero-order valence-electron chi connectivity index (χ0n) is 16.3. The summed E-state index contributed by atoms with van der Waals surface area (Å²) in [4.78, 5) is 26.7. The number of carbonyl (C=O) groups is 2. The van der Waals surface area contributed by atoms with Gasteiger partial charge in [-0.3, -0.25) is 14.5 Å². The third kappa shape index (κ3) is 6.65. The fourth-order valence-electron chi connectivity index (χ4n) is 4.19. The van der Waals surface area contributed by atoms with Gasteiger partial charge in [-0.2, -0.15) is 0 Å². The zero-order valence-corrected chi connectivity index (χ0v) is 16.3. The summed E-state index contributed by atoms with van der Waals surface area (Å²) >= 11 is 0. The first-order chi connectivity index (χ1) is 13.2. The van der Waals surface area contributed by atoms with Crippen molar-refractivity contribution in [1.82, 2.24) is 15.5 Å². The van der Waals surface area contributed by atoms with E-state index in [1.165, 1.54) is 32.1 Å². The molecule has 1 saturated carbocycles. The van der Waals surface area contributed by atoms with Crippen LogP contribution < -0.4 is 10.6 Å². The summed E-state index contributed by atoms with van der Waals surface area (Å²) in [6.45, 7) is 3.52. The number of nitrogens with one attached hydrogen (secondary N) is 2. The van der Waals surface area contributed by atoms with E-state index >= 15 is 0 Å². The number of amides is 2. The molecule has 5 nitrogen and oxygen atoms in total. The fraction of sp³-hybridized carbons (Fsp3) is 0.636. The number of carbonyl (C=O) groups excluding carboxylic acids is 2. The summed E-state index contributed by atoms with van der Waals surface area (Å²) < 4.78 is 0. The third-order valence-electron chi connectivity index (χ3n) is 5.95. The lowest BCUT2D eigenvalue weighted by molar-refractivity contribution is -0.127. The van der Waals surface area contributed by atoms with Crippen LogP contribution in [0, 0.1) is 11.8 Å². The molecule has 2 amide bonds. The molecule has 1 aliphatic carbocycles. The summed E-state index contributed by atoms with van der Waals surface area (Å²) in [6.07, 6.45) is 8.12. The standard InChI is InChI=1S/C22H33N3O2/c26-21(23-15-18-7-3-1-4-8-18)17-25-13-11-20(12-14-25)22(27)24-16-19-9-5-2-6-10-19/h2,5-6,9-10,18,20H,1,3-4,7-8,11-17H2,(H,23,26)(H,24,27). The van der Waals surface area contributed by atoms with Crippen molar-refractivity contribution in [3.05, 3.63) is 35.9 Å². The highest BCUT2D eigenvalue weighted by Gasteiger charge is 2.26. The molecule has 27 heavy (non-hydrogen) atoms. The normalized spacial score (nSPS) is 19.6. The first kappa shape index (κ1) is 19.9. The molecular weight excluding hydrogens is 338 g/mol. The lowest BCUT2D eigenvalue weighted by Gasteiger charge is -2.31. The van der Waals surface area contributed by atoms with Gasteiger partial charge < -0.3 is 10.6 Å². The van der Waals surface area contributed by atoms with Crippen LogP contribution in [0.15, 0.2) is 30.3 Å². The van der Waals surface area contributed by atoms with Crippen LogP contribution in [0.3, 0.4) is 0 Å². The monoisotopic (exact) mass is 371 g/mol. The first-order valence-corrected chi connectivity index (χ1v) is 10.5. The summed E-state index contributed by atoms with van der Waals surface area (Å²) in [7, 11) is 0. The van der Waals surface area contributed by atoms with Crippen molar-refractivity contribution in [3.8, 4) is 0 Å². The van der Waals surface area contributed by atoms with Crippen LogP contribution in [0.2, 0.25) is 0 Å². The maximum Gasteiger partial charge on any atom is 0.234 e. The Morgan fingerprint density at radius 2 is 1.63 bits per heavy atom. The zero-order chi connectivity index (χ0) is 18.9. The number of nitrogens with zero attached hydrogens (tertiary/aromatic N) is 1. The number of rotatable bonds is 7. The largest absolute Gasteiger partial charge is 0.355 e. The molecule has 0 radical (unpaired) electrons. The van der Waals surface area contributed by atoms with Gasteiger partial charge in [-0.05, 0) is 50.3 Å². The average molecular weight is 372 g/mol. The van der Waals surface area contributed by atoms with E-state index in [4.69, 9.17) is 0 Å². The van der Waals surface area contributed by atoms with Gasteiger partial charge in [0, 0.05) is 19.0 Å². The Morgan fingerprint density at radius 3 is 2.33 bits per heavy atom. The second-order valence-corrected chi connectivity index (χ2v) is 8.06. The van der Waals surface area contributed by atoms with Crippen LogP contribution in [0.1, 0.15) is 50.5 Å². The number of likely N-dealkylation sites (tertiary alicyclic amines) is 1. The Balaban J connectivity index is 1.31. The number of benzene rings is 1. The minimum Gasteiger partial charge on any atom is -0.355 e. The smallest absolute Gasteiger partial charge is 0.234 e. The fourth-order valence-corrected chi connectivity index (χ4v) is 4.19.